The quantitative estimate of drug-likeness (QED) is 0.573. The van der Waals surface area contributed by atoms with Crippen LogP contribution in [0.4, 0.5) is 5.82 Å². The summed E-state index contributed by atoms with van der Waals surface area (Å²) in [6, 6.07) is 13.9. The molecule has 0 atom stereocenters. The minimum atomic E-state index is -3.90. The number of nitrogens with one attached hydrogen (secondary N) is 1. The second kappa shape index (κ2) is 8.24. The molecule has 0 aliphatic rings. The molecule has 9 heteroatoms. The Morgan fingerprint density at radius 3 is 2.63 bits per heavy atom. The van der Waals surface area contributed by atoms with Crippen molar-refractivity contribution in [3.8, 4) is 5.88 Å². The lowest BCUT2D eigenvalue weighted by Crippen LogP contribution is -2.15. The lowest BCUT2D eigenvalue weighted by atomic mass is 10.2. The van der Waals surface area contributed by atoms with Crippen molar-refractivity contribution in [3.63, 3.8) is 0 Å². The third kappa shape index (κ3) is 4.97. The van der Waals surface area contributed by atoms with Crippen molar-refractivity contribution in [1.82, 2.24) is 9.97 Å². The summed E-state index contributed by atoms with van der Waals surface area (Å²) in [6.07, 6.45) is 1.38. The Bertz CT molecular complexity index is 1060. The van der Waals surface area contributed by atoms with E-state index in [1.807, 2.05) is 30.3 Å². The first-order chi connectivity index (χ1) is 12.8. The molecule has 1 N–H and O–H groups in total. The predicted octanol–water partition coefficient (Wildman–Crippen LogP) is 4.58. The minimum absolute atomic E-state index is 0.00849. The Labute approximate surface area is 170 Å². The number of halogens is 2. The minimum Gasteiger partial charge on any atom is -0.470 e. The number of benzene rings is 2. The molecule has 3 rings (SSSR count). The number of ether oxygens (including phenoxy) is 1. The number of hydrogen-bond acceptors (Lipinski definition) is 5. The highest BCUT2D eigenvalue weighted by Crippen LogP contribution is 2.27. The smallest absolute Gasteiger partial charge is 0.263 e. The van der Waals surface area contributed by atoms with Crippen molar-refractivity contribution in [2.45, 2.75) is 18.4 Å². The van der Waals surface area contributed by atoms with Gasteiger partial charge >= 0.3 is 0 Å². The van der Waals surface area contributed by atoms with Gasteiger partial charge in [-0.15, -0.1) is 0 Å². The summed E-state index contributed by atoms with van der Waals surface area (Å²) in [6.45, 7) is 2.01. The second-order valence-corrected chi connectivity index (χ2v) is 8.54. The molecule has 0 fully saturated rings. The first-order valence-corrected chi connectivity index (χ1v) is 10.5. The van der Waals surface area contributed by atoms with Crippen LogP contribution in [-0.2, 0) is 16.6 Å². The molecule has 3 aromatic rings. The molecule has 2 aromatic carbocycles. The van der Waals surface area contributed by atoms with E-state index in [9.17, 15) is 8.42 Å². The van der Waals surface area contributed by atoms with Crippen molar-refractivity contribution in [2.75, 3.05) is 4.72 Å². The summed E-state index contributed by atoms with van der Waals surface area (Å²) in [4.78, 5) is 8.29. The van der Waals surface area contributed by atoms with Crippen molar-refractivity contribution >= 4 is 43.4 Å². The SMILES string of the molecule is Cc1ccc(S(=O)(=O)Nc2ncc(Br)nc2OCc2ccccc2)cc1Cl. The summed E-state index contributed by atoms with van der Waals surface area (Å²) >= 11 is 9.26. The molecule has 0 bridgehead atoms. The van der Waals surface area contributed by atoms with Gasteiger partial charge in [-0.1, -0.05) is 48.0 Å². The van der Waals surface area contributed by atoms with Crippen molar-refractivity contribution in [1.29, 1.82) is 0 Å². The predicted molar refractivity (Wildman–Crippen MR) is 108 cm³/mol. The van der Waals surface area contributed by atoms with Crippen LogP contribution < -0.4 is 9.46 Å². The van der Waals surface area contributed by atoms with Crippen molar-refractivity contribution in [2.24, 2.45) is 0 Å². The Hall–Kier alpha value is -2.16. The number of aryl methyl sites for hydroxylation is 1. The van der Waals surface area contributed by atoms with E-state index in [0.717, 1.165) is 11.1 Å². The van der Waals surface area contributed by atoms with Gasteiger partial charge in [0.1, 0.15) is 11.2 Å². The molecule has 0 radical (unpaired) electrons. The summed E-state index contributed by atoms with van der Waals surface area (Å²) in [5.74, 6) is 0.0563. The molecule has 0 aliphatic heterocycles. The van der Waals surface area contributed by atoms with Gasteiger partial charge in [-0.2, -0.15) is 0 Å². The molecule has 0 unspecified atom stereocenters. The third-order valence-corrected chi connectivity index (χ3v) is 5.74. The van der Waals surface area contributed by atoms with Gasteiger partial charge < -0.3 is 4.74 Å². The van der Waals surface area contributed by atoms with Crippen LogP contribution in [0.25, 0.3) is 0 Å². The fourth-order valence-corrected chi connectivity index (χ4v) is 3.72. The average molecular weight is 469 g/mol. The van der Waals surface area contributed by atoms with Crippen molar-refractivity contribution in [3.05, 3.63) is 75.5 Å². The number of rotatable bonds is 6. The zero-order valence-electron chi connectivity index (χ0n) is 14.2. The third-order valence-electron chi connectivity index (χ3n) is 3.61. The lowest BCUT2D eigenvalue weighted by molar-refractivity contribution is 0.294. The van der Waals surface area contributed by atoms with Crippen LogP contribution in [0.5, 0.6) is 5.88 Å². The maximum atomic E-state index is 12.7. The molecule has 0 saturated carbocycles. The molecule has 6 nitrogen and oxygen atoms in total. The maximum Gasteiger partial charge on any atom is 0.263 e. The fraction of sp³-hybridized carbons (Fsp3) is 0.111. The van der Waals surface area contributed by atoms with Crippen LogP contribution in [0.15, 0.2) is 64.2 Å². The van der Waals surface area contributed by atoms with E-state index < -0.39 is 10.0 Å². The number of aromatic nitrogens is 2. The summed E-state index contributed by atoms with van der Waals surface area (Å²) in [7, 11) is -3.90. The molecule has 0 aliphatic carbocycles. The van der Waals surface area contributed by atoms with Gasteiger partial charge in [-0.25, -0.2) is 18.4 Å². The van der Waals surface area contributed by atoms with Gasteiger partial charge in [-0.3, -0.25) is 4.72 Å². The molecule has 140 valence electrons. The molecule has 0 amide bonds. The van der Waals surface area contributed by atoms with E-state index in [1.165, 1.54) is 18.3 Å². The summed E-state index contributed by atoms with van der Waals surface area (Å²) in [5, 5.41) is 0.361. The van der Waals surface area contributed by atoms with Crippen LogP contribution in [-0.4, -0.2) is 18.4 Å². The maximum absolute atomic E-state index is 12.7. The zero-order valence-corrected chi connectivity index (χ0v) is 17.3. The lowest BCUT2D eigenvalue weighted by Gasteiger charge is -2.12. The molecular formula is C18H15BrClN3O3S. The number of sulfonamides is 1. The zero-order chi connectivity index (χ0) is 19.4. The Morgan fingerprint density at radius 2 is 1.93 bits per heavy atom. The van der Waals surface area contributed by atoms with Crippen LogP contribution in [0, 0.1) is 6.92 Å². The Morgan fingerprint density at radius 1 is 1.19 bits per heavy atom. The number of anilines is 1. The van der Waals surface area contributed by atoms with E-state index >= 15 is 0 Å². The van der Waals surface area contributed by atoms with Gasteiger partial charge in [0, 0.05) is 5.02 Å². The van der Waals surface area contributed by atoms with E-state index in [-0.39, 0.29) is 23.2 Å². The Balaban J connectivity index is 1.86. The summed E-state index contributed by atoms with van der Waals surface area (Å²) < 4.78 is 33.8. The molecule has 27 heavy (non-hydrogen) atoms. The molecular weight excluding hydrogens is 454 g/mol. The van der Waals surface area contributed by atoms with E-state index in [1.54, 1.807) is 13.0 Å². The molecule has 0 saturated heterocycles. The van der Waals surface area contributed by atoms with Gasteiger partial charge in [0.25, 0.3) is 15.9 Å². The second-order valence-electron chi connectivity index (χ2n) is 5.64. The highest BCUT2D eigenvalue weighted by Gasteiger charge is 2.20. The van der Waals surface area contributed by atoms with E-state index in [2.05, 4.69) is 30.6 Å². The van der Waals surface area contributed by atoms with Gasteiger partial charge in [0.15, 0.2) is 0 Å². The van der Waals surface area contributed by atoms with Crippen LogP contribution >= 0.6 is 27.5 Å². The van der Waals surface area contributed by atoms with E-state index in [4.69, 9.17) is 16.3 Å². The van der Waals surface area contributed by atoms with Gasteiger partial charge in [0.2, 0.25) is 5.82 Å². The van der Waals surface area contributed by atoms with Crippen molar-refractivity contribution < 1.29 is 13.2 Å². The Kier molecular flexibility index (Phi) is 5.98. The highest BCUT2D eigenvalue weighted by atomic mass is 79.9. The molecule has 1 aromatic heterocycles. The van der Waals surface area contributed by atoms with Gasteiger partial charge in [-0.05, 0) is 46.1 Å². The van der Waals surface area contributed by atoms with Crippen LogP contribution in [0.2, 0.25) is 5.02 Å². The highest BCUT2D eigenvalue weighted by molar-refractivity contribution is 9.10. The number of hydrogen-bond donors (Lipinski definition) is 1. The number of nitrogens with zero attached hydrogens (tertiary/aromatic N) is 2. The average Bonchev–Trinajstić information content (AvgIpc) is 2.64. The molecule has 1 heterocycles. The topological polar surface area (TPSA) is 81.2 Å². The largest absolute Gasteiger partial charge is 0.470 e. The monoisotopic (exact) mass is 467 g/mol. The molecule has 0 spiro atoms. The summed E-state index contributed by atoms with van der Waals surface area (Å²) in [5.41, 5.74) is 1.70. The fourth-order valence-electron chi connectivity index (χ4n) is 2.18. The normalized spacial score (nSPS) is 11.2. The standard InChI is InChI=1S/C18H15BrClN3O3S/c1-12-7-8-14(9-15(12)20)27(24,25)23-17-18(22-16(19)10-21-17)26-11-13-5-3-2-4-6-13/h2-10H,11H2,1H3,(H,21,23). The van der Waals surface area contributed by atoms with Gasteiger partial charge in [0.05, 0.1) is 11.1 Å². The van der Waals surface area contributed by atoms with Crippen LogP contribution in [0.1, 0.15) is 11.1 Å². The first-order valence-electron chi connectivity index (χ1n) is 7.83. The first kappa shape index (κ1) is 19.6. The van der Waals surface area contributed by atoms with Crippen LogP contribution in [0.3, 0.4) is 0 Å². The van der Waals surface area contributed by atoms with E-state index in [0.29, 0.717) is 9.63 Å².